The van der Waals surface area contributed by atoms with Crippen molar-refractivity contribution in [2.24, 2.45) is 0 Å². The third-order valence-corrected chi connectivity index (χ3v) is 2.60. The van der Waals surface area contributed by atoms with Gasteiger partial charge in [-0.1, -0.05) is 11.6 Å². The highest BCUT2D eigenvalue weighted by Crippen LogP contribution is 2.36. The average molecular weight is 290 g/mol. The number of carbonyl (C=O) groups is 1. The van der Waals surface area contributed by atoms with Crippen molar-refractivity contribution >= 4 is 23.2 Å². The molecule has 0 fully saturated rings. The van der Waals surface area contributed by atoms with E-state index < -0.39 is 22.7 Å². The lowest BCUT2D eigenvalue weighted by Crippen LogP contribution is -2.13. The molecule has 0 atom stereocenters. The van der Waals surface area contributed by atoms with Gasteiger partial charge in [-0.15, -0.1) is 0 Å². The van der Waals surface area contributed by atoms with Crippen LogP contribution in [-0.4, -0.2) is 15.9 Å². The maximum atomic E-state index is 12.6. The second kappa shape index (κ2) is 4.93. The van der Waals surface area contributed by atoms with Crippen LogP contribution in [0.1, 0.15) is 16.1 Å². The Morgan fingerprint density at radius 1 is 1.37 bits per heavy atom. The number of benzene rings is 1. The molecule has 4 nitrogen and oxygen atoms in total. The first-order valence-corrected chi connectivity index (χ1v) is 5.42. The summed E-state index contributed by atoms with van der Waals surface area (Å²) in [6.45, 7) is 0. The summed E-state index contributed by atoms with van der Waals surface area (Å²) >= 11 is 5.47. The molecule has 0 aliphatic heterocycles. The Morgan fingerprint density at radius 2 is 2.11 bits per heavy atom. The number of carbonyl (C=O) groups excluding carboxylic acids is 1. The number of aromatic amines is 1. The first kappa shape index (κ1) is 13.4. The number of amides is 1. The van der Waals surface area contributed by atoms with Crippen LogP contribution in [0.5, 0.6) is 0 Å². The number of H-pyrrole nitrogens is 1. The molecule has 19 heavy (non-hydrogen) atoms. The summed E-state index contributed by atoms with van der Waals surface area (Å²) < 4.78 is 37.9. The van der Waals surface area contributed by atoms with Crippen molar-refractivity contribution in [2.45, 2.75) is 6.18 Å². The van der Waals surface area contributed by atoms with Gasteiger partial charge < -0.3 is 10.3 Å². The van der Waals surface area contributed by atoms with Crippen LogP contribution < -0.4 is 5.32 Å². The molecule has 0 aliphatic carbocycles. The summed E-state index contributed by atoms with van der Waals surface area (Å²) in [6.07, 6.45) is -2.03. The molecule has 2 aromatic rings. The first-order valence-electron chi connectivity index (χ1n) is 5.04. The lowest BCUT2D eigenvalue weighted by atomic mass is 10.2. The van der Waals surface area contributed by atoms with Crippen molar-refractivity contribution in [1.29, 1.82) is 0 Å². The minimum absolute atomic E-state index is 0.00340. The number of anilines is 1. The number of halogens is 4. The average Bonchev–Trinajstić information content (AvgIpc) is 2.83. The topological polar surface area (TPSA) is 57.8 Å². The predicted octanol–water partition coefficient (Wildman–Crippen LogP) is 3.33. The molecule has 0 saturated heterocycles. The highest BCUT2D eigenvalue weighted by molar-refractivity contribution is 6.31. The zero-order chi connectivity index (χ0) is 14.0. The largest absolute Gasteiger partial charge is 0.417 e. The molecule has 100 valence electrons. The monoisotopic (exact) mass is 289 g/mol. The highest BCUT2D eigenvalue weighted by Gasteiger charge is 2.33. The molecular formula is C11H7ClF3N3O. The standard InChI is InChI=1S/C11H7ClF3N3O/c12-8-2-1-6(3-7(8)11(13,14)15)18-10(19)9-4-16-5-17-9/h1-5H,(H,16,17)(H,18,19). The number of rotatable bonds is 2. The van der Waals surface area contributed by atoms with E-state index in [0.29, 0.717) is 0 Å². The molecule has 1 aromatic heterocycles. The van der Waals surface area contributed by atoms with Gasteiger partial charge in [0.15, 0.2) is 0 Å². The first-order chi connectivity index (χ1) is 8.88. The molecule has 0 radical (unpaired) electrons. The van der Waals surface area contributed by atoms with Gasteiger partial charge in [0.2, 0.25) is 0 Å². The zero-order valence-electron chi connectivity index (χ0n) is 9.25. The number of hydrogen-bond acceptors (Lipinski definition) is 2. The Kier molecular flexibility index (Phi) is 3.48. The Hall–Kier alpha value is -2.02. The van der Waals surface area contributed by atoms with Gasteiger partial charge >= 0.3 is 6.18 Å². The number of imidazole rings is 1. The number of nitrogens with zero attached hydrogens (tertiary/aromatic N) is 1. The highest BCUT2D eigenvalue weighted by atomic mass is 35.5. The molecule has 1 heterocycles. The van der Waals surface area contributed by atoms with Crippen LogP contribution in [0.15, 0.2) is 30.7 Å². The summed E-state index contributed by atoms with van der Waals surface area (Å²) in [7, 11) is 0. The summed E-state index contributed by atoms with van der Waals surface area (Å²) in [6, 6.07) is 3.13. The van der Waals surface area contributed by atoms with Gasteiger partial charge in [0.25, 0.3) is 5.91 Å². The zero-order valence-corrected chi connectivity index (χ0v) is 10.0. The smallest absolute Gasteiger partial charge is 0.341 e. The van der Waals surface area contributed by atoms with Gasteiger partial charge in [-0.05, 0) is 18.2 Å². The minimum Gasteiger partial charge on any atom is -0.341 e. The van der Waals surface area contributed by atoms with Crippen LogP contribution >= 0.6 is 11.6 Å². The molecule has 0 aliphatic rings. The van der Waals surface area contributed by atoms with E-state index in [-0.39, 0.29) is 11.4 Å². The van der Waals surface area contributed by atoms with E-state index >= 15 is 0 Å². The van der Waals surface area contributed by atoms with Crippen LogP contribution in [0.2, 0.25) is 5.02 Å². The number of nitrogens with one attached hydrogen (secondary N) is 2. The van der Waals surface area contributed by atoms with Crippen LogP contribution in [0.25, 0.3) is 0 Å². The molecule has 0 unspecified atom stereocenters. The molecule has 0 saturated carbocycles. The van der Waals surface area contributed by atoms with Crippen molar-refractivity contribution in [3.8, 4) is 0 Å². The van der Waals surface area contributed by atoms with Gasteiger partial charge in [-0.2, -0.15) is 13.2 Å². The SMILES string of the molecule is O=C(Nc1ccc(Cl)c(C(F)(F)F)c1)c1cnc[nH]1. The van der Waals surface area contributed by atoms with Crippen LogP contribution in [0.3, 0.4) is 0 Å². The van der Waals surface area contributed by atoms with E-state index in [9.17, 15) is 18.0 Å². The van der Waals surface area contributed by atoms with Gasteiger partial charge in [-0.3, -0.25) is 4.79 Å². The predicted molar refractivity (Wildman–Crippen MR) is 63.0 cm³/mol. The summed E-state index contributed by atoms with van der Waals surface area (Å²) in [5, 5.41) is 1.89. The van der Waals surface area contributed by atoms with Crippen molar-refractivity contribution in [2.75, 3.05) is 5.32 Å². The Morgan fingerprint density at radius 3 is 2.68 bits per heavy atom. The van der Waals surface area contributed by atoms with Crippen LogP contribution in [0, 0.1) is 0 Å². The minimum atomic E-state index is -4.58. The third kappa shape index (κ3) is 3.05. The van der Waals surface area contributed by atoms with E-state index in [1.807, 2.05) is 0 Å². The molecule has 1 amide bonds. The quantitative estimate of drug-likeness (QED) is 0.891. The molecule has 2 N–H and O–H groups in total. The van der Waals surface area contributed by atoms with E-state index in [1.165, 1.54) is 18.6 Å². The Labute approximate surface area is 110 Å². The molecule has 8 heteroatoms. The maximum absolute atomic E-state index is 12.6. The number of alkyl halides is 3. The fraction of sp³-hybridized carbons (Fsp3) is 0.0909. The van der Waals surface area contributed by atoms with Crippen LogP contribution in [0.4, 0.5) is 18.9 Å². The lowest BCUT2D eigenvalue weighted by molar-refractivity contribution is -0.137. The Bertz CT molecular complexity index is 596. The van der Waals surface area contributed by atoms with Crippen LogP contribution in [-0.2, 0) is 6.18 Å². The molecule has 0 bridgehead atoms. The summed E-state index contributed by atoms with van der Waals surface area (Å²) in [5.74, 6) is -0.590. The van der Waals surface area contributed by atoms with Gasteiger partial charge in [-0.25, -0.2) is 4.98 Å². The van der Waals surface area contributed by atoms with Crippen molar-refractivity contribution in [3.63, 3.8) is 0 Å². The van der Waals surface area contributed by atoms with E-state index in [1.54, 1.807) is 0 Å². The molecular weight excluding hydrogens is 283 g/mol. The van der Waals surface area contributed by atoms with Crippen molar-refractivity contribution in [3.05, 3.63) is 47.0 Å². The van der Waals surface area contributed by atoms with Crippen molar-refractivity contribution in [1.82, 2.24) is 9.97 Å². The van der Waals surface area contributed by atoms with E-state index in [2.05, 4.69) is 15.3 Å². The van der Waals surface area contributed by atoms with Crippen molar-refractivity contribution < 1.29 is 18.0 Å². The maximum Gasteiger partial charge on any atom is 0.417 e. The van der Waals surface area contributed by atoms with E-state index in [0.717, 1.165) is 12.1 Å². The number of aromatic nitrogens is 2. The fourth-order valence-electron chi connectivity index (χ4n) is 1.40. The summed E-state index contributed by atoms with van der Waals surface area (Å²) in [4.78, 5) is 17.8. The second-order valence-corrected chi connectivity index (χ2v) is 4.02. The molecule has 0 spiro atoms. The normalized spacial score (nSPS) is 11.4. The van der Waals surface area contributed by atoms with Gasteiger partial charge in [0.1, 0.15) is 5.69 Å². The molecule has 1 aromatic carbocycles. The van der Waals surface area contributed by atoms with E-state index in [4.69, 9.17) is 11.6 Å². The lowest BCUT2D eigenvalue weighted by Gasteiger charge is -2.11. The second-order valence-electron chi connectivity index (χ2n) is 3.61. The summed E-state index contributed by atoms with van der Waals surface area (Å²) in [5.41, 5.74) is -0.864. The van der Waals surface area contributed by atoms with Gasteiger partial charge in [0, 0.05) is 5.69 Å². The number of hydrogen-bond donors (Lipinski definition) is 2. The third-order valence-electron chi connectivity index (χ3n) is 2.27. The molecule has 2 rings (SSSR count). The fourth-order valence-corrected chi connectivity index (χ4v) is 1.62. The van der Waals surface area contributed by atoms with Gasteiger partial charge in [0.05, 0.1) is 23.1 Å². The Balaban J connectivity index is 2.25.